The molecule has 0 aliphatic rings. The second-order valence-electron chi connectivity index (χ2n) is 5.46. The van der Waals surface area contributed by atoms with Crippen LogP contribution in [0, 0.1) is 13.8 Å². The molecule has 0 aliphatic carbocycles. The lowest BCUT2D eigenvalue weighted by atomic mass is 10.1. The molecule has 1 aromatic carbocycles. The van der Waals surface area contributed by atoms with Gasteiger partial charge in [-0.05, 0) is 43.7 Å². The molecule has 3 aromatic rings. The Morgan fingerprint density at radius 1 is 1.17 bits per heavy atom. The van der Waals surface area contributed by atoms with Crippen LogP contribution in [-0.2, 0) is 6.18 Å². The van der Waals surface area contributed by atoms with Gasteiger partial charge in [0.15, 0.2) is 0 Å². The number of thiophene rings is 1. The van der Waals surface area contributed by atoms with Gasteiger partial charge >= 0.3 is 6.18 Å². The zero-order valence-electron chi connectivity index (χ0n) is 12.9. The minimum Gasteiger partial charge on any atom is -0.321 e. The van der Waals surface area contributed by atoms with Crippen molar-refractivity contribution in [3.63, 3.8) is 0 Å². The van der Waals surface area contributed by atoms with Crippen LogP contribution in [-0.4, -0.2) is 10.9 Å². The second-order valence-corrected chi connectivity index (χ2v) is 6.49. The van der Waals surface area contributed by atoms with Gasteiger partial charge in [-0.3, -0.25) is 4.79 Å². The van der Waals surface area contributed by atoms with Gasteiger partial charge < -0.3 is 5.32 Å². The van der Waals surface area contributed by atoms with E-state index >= 15 is 0 Å². The standard InChI is InChI=1S/C17H13F3N2OS/c1-9-4-3-5-11(6-9)22-15(23)14-8-12-13(17(18,19)20)7-10(2)21-16(12)24-14/h3-8H,1-2H3,(H,22,23). The highest BCUT2D eigenvalue weighted by Crippen LogP contribution is 2.37. The summed E-state index contributed by atoms with van der Waals surface area (Å²) in [5.41, 5.74) is 1.07. The van der Waals surface area contributed by atoms with Crippen LogP contribution in [0.4, 0.5) is 18.9 Å². The van der Waals surface area contributed by atoms with Gasteiger partial charge in [-0.1, -0.05) is 12.1 Å². The topological polar surface area (TPSA) is 42.0 Å². The molecule has 124 valence electrons. The lowest BCUT2D eigenvalue weighted by Gasteiger charge is -2.08. The number of aryl methyl sites for hydroxylation is 2. The fourth-order valence-electron chi connectivity index (χ4n) is 2.40. The molecule has 0 saturated carbocycles. The number of amides is 1. The highest BCUT2D eigenvalue weighted by molar-refractivity contribution is 7.20. The summed E-state index contributed by atoms with van der Waals surface area (Å²) in [5, 5.41) is 2.65. The number of rotatable bonds is 2. The molecule has 7 heteroatoms. The van der Waals surface area contributed by atoms with Crippen LogP contribution in [0.1, 0.15) is 26.5 Å². The Bertz CT molecular complexity index is 931. The van der Waals surface area contributed by atoms with Crippen LogP contribution in [0.15, 0.2) is 36.4 Å². The average Bonchev–Trinajstić information content (AvgIpc) is 2.89. The summed E-state index contributed by atoms with van der Waals surface area (Å²) in [6, 6.07) is 9.44. The monoisotopic (exact) mass is 350 g/mol. The van der Waals surface area contributed by atoms with Crippen LogP contribution < -0.4 is 5.32 Å². The summed E-state index contributed by atoms with van der Waals surface area (Å²) in [4.78, 5) is 16.8. The van der Waals surface area contributed by atoms with Crippen molar-refractivity contribution in [1.82, 2.24) is 4.98 Å². The maximum atomic E-state index is 13.2. The van der Waals surface area contributed by atoms with Gasteiger partial charge in [0.05, 0.1) is 10.4 Å². The molecule has 1 amide bonds. The van der Waals surface area contributed by atoms with E-state index in [0.29, 0.717) is 5.69 Å². The quantitative estimate of drug-likeness (QED) is 0.691. The normalized spacial score (nSPS) is 11.7. The van der Waals surface area contributed by atoms with E-state index in [0.717, 1.165) is 23.0 Å². The summed E-state index contributed by atoms with van der Waals surface area (Å²) >= 11 is 0.950. The second kappa shape index (κ2) is 5.90. The van der Waals surface area contributed by atoms with E-state index in [1.807, 2.05) is 13.0 Å². The molecule has 0 fully saturated rings. The Balaban J connectivity index is 2.00. The minimum absolute atomic E-state index is 0.0486. The number of pyridine rings is 1. The van der Waals surface area contributed by atoms with Crippen molar-refractivity contribution >= 4 is 33.1 Å². The summed E-state index contributed by atoms with van der Waals surface area (Å²) in [6.45, 7) is 3.39. The summed E-state index contributed by atoms with van der Waals surface area (Å²) in [6.07, 6.45) is -4.49. The molecule has 0 saturated heterocycles. The van der Waals surface area contributed by atoms with Crippen LogP contribution >= 0.6 is 11.3 Å². The number of carbonyl (C=O) groups excluding carboxylic acids is 1. The SMILES string of the molecule is Cc1cccc(NC(=O)c2cc3c(C(F)(F)F)cc(C)nc3s2)c1. The average molecular weight is 350 g/mol. The van der Waals surface area contributed by atoms with Crippen LogP contribution in [0.5, 0.6) is 0 Å². The first-order valence-corrected chi connectivity index (χ1v) is 7.92. The molecule has 0 aliphatic heterocycles. The maximum Gasteiger partial charge on any atom is 0.417 e. The molecule has 2 heterocycles. The first kappa shape index (κ1) is 16.4. The molecular weight excluding hydrogens is 337 g/mol. The molecule has 24 heavy (non-hydrogen) atoms. The molecule has 3 nitrogen and oxygen atoms in total. The Kier molecular flexibility index (Phi) is 4.04. The predicted molar refractivity (Wildman–Crippen MR) is 88.5 cm³/mol. The third-order valence-corrected chi connectivity index (χ3v) is 4.47. The molecule has 0 spiro atoms. The van der Waals surface area contributed by atoms with Crippen molar-refractivity contribution in [2.75, 3.05) is 5.32 Å². The third-order valence-electron chi connectivity index (χ3n) is 3.44. The first-order valence-electron chi connectivity index (χ1n) is 7.10. The van der Waals surface area contributed by atoms with Crippen molar-refractivity contribution in [2.45, 2.75) is 20.0 Å². The number of hydrogen-bond acceptors (Lipinski definition) is 3. The summed E-state index contributed by atoms with van der Waals surface area (Å²) in [5.74, 6) is -0.450. The van der Waals surface area contributed by atoms with Gasteiger partial charge in [0.2, 0.25) is 0 Å². The Morgan fingerprint density at radius 2 is 1.92 bits per heavy atom. The van der Waals surface area contributed by atoms with Gasteiger partial charge in [-0.2, -0.15) is 13.2 Å². The van der Waals surface area contributed by atoms with Crippen molar-refractivity contribution in [2.24, 2.45) is 0 Å². The third kappa shape index (κ3) is 3.26. The van der Waals surface area contributed by atoms with Gasteiger partial charge in [-0.15, -0.1) is 11.3 Å². The van der Waals surface area contributed by atoms with Crippen LogP contribution in [0.3, 0.4) is 0 Å². The summed E-state index contributed by atoms with van der Waals surface area (Å²) < 4.78 is 39.5. The van der Waals surface area contributed by atoms with E-state index in [4.69, 9.17) is 0 Å². The minimum atomic E-state index is -4.49. The molecule has 1 N–H and O–H groups in total. The predicted octanol–water partition coefficient (Wildman–Crippen LogP) is 5.18. The van der Waals surface area contributed by atoms with Crippen LogP contribution in [0.25, 0.3) is 10.2 Å². The fraction of sp³-hybridized carbons (Fsp3) is 0.176. The molecule has 0 atom stereocenters. The number of halogens is 3. The number of nitrogens with one attached hydrogen (secondary N) is 1. The number of benzene rings is 1. The van der Waals surface area contributed by atoms with E-state index in [1.54, 1.807) is 18.2 Å². The van der Waals surface area contributed by atoms with E-state index in [-0.39, 0.29) is 20.8 Å². The largest absolute Gasteiger partial charge is 0.417 e. The van der Waals surface area contributed by atoms with E-state index in [9.17, 15) is 18.0 Å². The van der Waals surface area contributed by atoms with E-state index in [1.165, 1.54) is 13.0 Å². The lowest BCUT2D eigenvalue weighted by Crippen LogP contribution is -2.10. The number of anilines is 1. The Hall–Kier alpha value is -2.41. The highest BCUT2D eigenvalue weighted by Gasteiger charge is 2.34. The lowest BCUT2D eigenvalue weighted by molar-refractivity contribution is -0.136. The number of alkyl halides is 3. The van der Waals surface area contributed by atoms with Crippen molar-refractivity contribution in [3.05, 3.63) is 58.1 Å². The Labute approximate surface area is 140 Å². The van der Waals surface area contributed by atoms with E-state index in [2.05, 4.69) is 10.3 Å². The van der Waals surface area contributed by atoms with Gasteiger partial charge in [0.25, 0.3) is 5.91 Å². The molecule has 0 bridgehead atoms. The zero-order chi connectivity index (χ0) is 17.5. The zero-order valence-corrected chi connectivity index (χ0v) is 13.7. The number of hydrogen-bond donors (Lipinski definition) is 1. The van der Waals surface area contributed by atoms with Gasteiger partial charge in [0, 0.05) is 16.8 Å². The van der Waals surface area contributed by atoms with Crippen molar-refractivity contribution in [3.8, 4) is 0 Å². The molecule has 3 rings (SSSR count). The van der Waals surface area contributed by atoms with Gasteiger partial charge in [-0.25, -0.2) is 4.98 Å². The van der Waals surface area contributed by atoms with Crippen molar-refractivity contribution in [1.29, 1.82) is 0 Å². The smallest absolute Gasteiger partial charge is 0.321 e. The van der Waals surface area contributed by atoms with Gasteiger partial charge in [0.1, 0.15) is 4.83 Å². The van der Waals surface area contributed by atoms with Crippen LogP contribution in [0.2, 0.25) is 0 Å². The van der Waals surface area contributed by atoms with E-state index < -0.39 is 17.6 Å². The molecule has 2 aromatic heterocycles. The number of aromatic nitrogens is 1. The fourth-order valence-corrected chi connectivity index (χ4v) is 3.40. The molecular formula is C17H13F3N2OS. The number of fused-ring (bicyclic) bond motifs is 1. The molecule has 0 radical (unpaired) electrons. The maximum absolute atomic E-state index is 13.2. The number of nitrogens with zero attached hydrogens (tertiary/aromatic N) is 1. The highest BCUT2D eigenvalue weighted by atomic mass is 32.1. The summed E-state index contributed by atoms with van der Waals surface area (Å²) in [7, 11) is 0. The Morgan fingerprint density at radius 3 is 2.58 bits per heavy atom. The molecule has 0 unspecified atom stereocenters. The first-order chi connectivity index (χ1) is 11.2. The number of carbonyl (C=O) groups is 1. The van der Waals surface area contributed by atoms with Crippen molar-refractivity contribution < 1.29 is 18.0 Å².